The van der Waals surface area contributed by atoms with Crippen molar-refractivity contribution < 1.29 is 37.1 Å². The van der Waals surface area contributed by atoms with E-state index in [2.05, 4.69) is 20.5 Å². The van der Waals surface area contributed by atoms with Gasteiger partial charge in [0.2, 0.25) is 17.5 Å². The number of imide groups is 1. The third-order valence-corrected chi connectivity index (χ3v) is 10.8. The van der Waals surface area contributed by atoms with Crippen molar-refractivity contribution in [3.63, 3.8) is 0 Å². The minimum Gasteiger partial charge on any atom is -0.490 e. The van der Waals surface area contributed by atoms with E-state index in [-0.39, 0.29) is 53.6 Å². The van der Waals surface area contributed by atoms with E-state index in [1.165, 1.54) is 18.2 Å². The Morgan fingerprint density at radius 3 is 2.35 bits per heavy atom. The van der Waals surface area contributed by atoms with E-state index >= 15 is 4.39 Å². The summed E-state index contributed by atoms with van der Waals surface area (Å²) in [5, 5.41) is 4.70. The van der Waals surface area contributed by atoms with Crippen molar-refractivity contribution in [3.05, 3.63) is 89.0 Å². The maximum Gasteiger partial charge on any atom is 0.280 e. The number of rotatable bonds is 10. The molecule has 4 amide bonds. The predicted molar refractivity (Wildman–Crippen MR) is 197 cm³/mol. The molecule has 0 radical (unpaired) electrons. The Labute approximate surface area is 316 Å². The van der Waals surface area contributed by atoms with Crippen molar-refractivity contribution in [1.82, 2.24) is 29.5 Å². The number of hydrogen-bond acceptors (Lipinski definition) is 8. The van der Waals surface area contributed by atoms with E-state index in [4.69, 9.17) is 9.72 Å². The molecule has 1 aromatic carbocycles. The highest BCUT2D eigenvalue weighted by molar-refractivity contribution is 6.06. The van der Waals surface area contributed by atoms with Gasteiger partial charge in [-0.2, -0.15) is 0 Å². The fourth-order valence-electron chi connectivity index (χ4n) is 7.70. The van der Waals surface area contributed by atoms with Crippen LogP contribution in [0.1, 0.15) is 104 Å². The topological polar surface area (TPSA) is 138 Å². The molecule has 0 spiro atoms. The van der Waals surface area contributed by atoms with Gasteiger partial charge in [0, 0.05) is 50.3 Å². The smallest absolute Gasteiger partial charge is 0.280 e. The number of imidazole rings is 1. The molecule has 3 aliphatic heterocycles. The van der Waals surface area contributed by atoms with Crippen molar-refractivity contribution in [1.29, 1.82) is 0 Å². The van der Waals surface area contributed by atoms with Gasteiger partial charge in [-0.1, -0.05) is 30.3 Å². The number of nitrogens with one attached hydrogen (secondary N) is 2. The van der Waals surface area contributed by atoms with Gasteiger partial charge in [-0.3, -0.25) is 29.4 Å². The average molecular weight is 760 g/mol. The van der Waals surface area contributed by atoms with Crippen LogP contribution >= 0.6 is 0 Å². The standard InChI is InChI=1S/C40H44F3N7O5/c1-24(2)55-32-20-34-45-31(22-50(34)21-29(32)38(53)46-33-5-3-4-30(44-33)37(41)42)27-13-18-49(19-14-27)36(52)23-48-16-11-26(12-17-48)25-6-8-28(9-7-25)40(43)15-10-35(51)47-39(40)54/h3-9,20-22,24,26-27,37H,10-19,23H2,1-2H3,(H,44,46,53)(H,47,51,54). The van der Waals surface area contributed by atoms with E-state index in [0.717, 1.165) is 50.0 Å². The first kappa shape index (κ1) is 38.0. The molecule has 290 valence electrons. The highest BCUT2D eigenvalue weighted by Crippen LogP contribution is 2.36. The number of amides is 4. The zero-order chi connectivity index (χ0) is 38.9. The first-order chi connectivity index (χ1) is 26.4. The number of fused-ring (bicyclic) bond motifs is 1. The number of alkyl halides is 3. The van der Waals surface area contributed by atoms with Crippen LogP contribution in [0.2, 0.25) is 0 Å². The lowest BCUT2D eigenvalue weighted by Gasteiger charge is -2.35. The molecular formula is C40H44F3N7O5. The number of anilines is 1. The average Bonchev–Trinajstić information content (AvgIpc) is 3.59. The van der Waals surface area contributed by atoms with Crippen molar-refractivity contribution >= 4 is 35.1 Å². The molecule has 12 nitrogen and oxygen atoms in total. The summed E-state index contributed by atoms with van der Waals surface area (Å²) in [6, 6.07) is 12.8. The number of nitrogens with zero attached hydrogens (tertiary/aromatic N) is 5. The summed E-state index contributed by atoms with van der Waals surface area (Å²) < 4.78 is 49.5. The highest BCUT2D eigenvalue weighted by Gasteiger charge is 2.44. The maximum atomic E-state index is 15.4. The lowest BCUT2D eigenvalue weighted by atomic mass is 9.84. The summed E-state index contributed by atoms with van der Waals surface area (Å²) in [5.41, 5.74) is 0.331. The van der Waals surface area contributed by atoms with Crippen LogP contribution in [-0.4, -0.2) is 86.6 Å². The Balaban J connectivity index is 0.922. The SMILES string of the molecule is CC(C)Oc1cc2nc(C3CCN(C(=O)CN4CCC(c5ccc(C6(F)CCC(=O)NC6=O)cc5)CC4)CC3)cn2cc1C(=O)Nc1cccc(C(F)F)n1. The molecule has 3 aliphatic rings. The zero-order valence-corrected chi connectivity index (χ0v) is 30.8. The number of pyridine rings is 2. The predicted octanol–water partition coefficient (Wildman–Crippen LogP) is 5.89. The van der Waals surface area contributed by atoms with Crippen molar-refractivity contribution in [2.24, 2.45) is 0 Å². The third kappa shape index (κ3) is 8.36. The molecule has 7 rings (SSSR count). The number of carbonyl (C=O) groups is 4. The number of ether oxygens (including phenoxy) is 1. The van der Waals surface area contributed by atoms with Gasteiger partial charge in [0.15, 0.2) is 0 Å². The fourth-order valence-corrected chi connectivity index (χ4v) is 7.70. The molecule has 15 heteroatoms. The number of aromatic nitrogens is 3. The van der Waals surface area contributed by atoms with Crippen LogP contribution in [0.5, 0.6) is 5.75 Å². The molecule has 4 aromatic rings. The van der Waals surface area contributed by atoms with Gasteiger partial charge >= 0.3 is 0 Å². The summed E-state index contributed by atoms with van der Waals surface area (Å²) in [7, 11) is 0. The quantitative estimate of drug-likeness (QED) is 0.191. The normalized spacial score (nSPS) is 20.3. The van der Waals surface area contributed by atoms with Gasteiger partial charge in [0.05, 0.1) is 23.9 Å². The van der Waals surface area contributed by atoms with Gasteiger partial charge in [-0.05, 0) is 81.8 Å². The highest BCUT2D eigenvalue weighted by atomic mass is 19.3. The van der Waals surface area contributed by atoms with E-state index in [9.17, 15) is 28.0 Å². The van der Waals surface area contributed by atoms with Gasteiger partial charge in [0.1, 0.15) is 22.9 Å². The molecule has 6 heterocycles. The third-order valence-electron chi connectivity index (χ3n) is 10.8. The first-order valence-electron chi connectivity index (χ1n) is 18.8. The van der Waals surface area contributed by atoms with Crippen LogP contribution in [0.4, 0.5) is 19.0 Å². The Kier molecular flexibility index (Phi) is 10.9. The van der Waals surface area contributed by atoms with E-state index in [1.54, 1.807) is 28.8 Å². The lowest BCUT2D eigenvalue weighted by Crippen LogP contribution is -2.49. The summed E-state index contributed by atoms with van der Waals surface area (Å²) in [4.78, 5) is 63.2. The largest absolute Gasteiger partial charge is 0.490 e. The number of carbonyl (C=O) groups excluding carboxylic acids is 4. The van der Waals surface area contributed by atoms with Crippen LogP contribution in [-0.2, 0) is 20.1 Å². The maximum absolute atomic E-state index is 15.4. The van der Waals surface area contributed by atoms with Crippen LogP contribution in [0.15, 0.2) is 60.9 Å². The zero-order valence-electron chi connectivity index (χ0n) is 30.8. The number of hydrogen-bond donors (Lipinski definition) is 2. The van der Waals surface area contributed by atoms with Crippen LogP contribution in [0.25, 0.3) is 5.65 Å². The van der Waals surface area contributed by atoms with Gasteiger partial charge in [-0.25, -0.2) is 23.1 Å². The minimum atomic E-state index is -2.77. The molecule has 3 fully saturated rings. The Hall–Kier alpha value is -5.31. The molecule has 1 unspecified atom stereocenters. The van der Waals surface area contributed by atoms with Crippen molar-refractivity contribution in [2.45, 2.75) is 82.4 Å². The summed E-state index contributed by atoms with van der Waals surface area (Å²) in [5.74, 6) is -1.14. The summed E-state index contributed by atoms with van der Waals surface area (Å²) in [6.07, 6.45) is 3.48. The molecule has 2 N–H and O–H groups in total. The summed E-state index contributed by atoms with van der Waals surface area (Å²) >= 11 is 0. The second kappa shape index (κ2) is 15.8. The van der Waals surface area contributed by atoms with Gasteiger partial charge in [0.25, 0.3) is 18.2 Å². The molecule has 3 aromatic heterocycles. The molecule has 0 aliphatic carbocycles. The Morgan fingerprint density at radius 2 is 1.67 bits per heavy atom. The molecule has 0 bridgehead atoms. The molecule has 1 atom stereocenters. The van der Waals surface area contributed by atoms with E-state index < -0.39 is 35.5 Å². The number of halogens is 3. The first-order valence-corrected chi connectivity index (χ1v) is 18.8. The monoisotopic (exact) mass is 759 g/mol. The molecule has 3 saturated heterocycles. The second-order valence-corrected chi connectivity index (χ2v) is 14.9. The van der Waals surface area contributed by atoms with E-state index in [1.807, 2.05) is 37.1 Å². The van der Waals surface area contributed by atoms with Gasteiger partial charge < -0.3 is 19.4 Å². The Bertz CT molecular complexity index is 2070. The van der Waals surface area contributed by atoms with Crippen LogP contribution in [0.3, 0.4) is 0 Å². The molecule has 0 saturated carbocycles. The van der Waals surface area contributed by atoms with Crippen molar-refractivity contribution in [2.75, 3.05) is 38.0 Å². The number of piperidine rings is 3. The number of benzene rings is 1. The van der Waals surface area contributed by atoms with Gasteiger partial charge in [-0.15, -0.1) is 0 Å². The van der Waals surface area contributed by atoms with Crippen LogP contribution in [0, 0.1) is 0 Å². The molecule has 55 heavy (non-hydrogen) atoms. The van der Waals surface area contributed by atoms with Crippen LogP contribution < -0.4 is 15.4 Å². The van der Waals surface area contributed by atoms with Crippen molar-refractivity contribution in [3.8, 4) is 5.75 Å². The van der Waals surface area contributed by atoms with E-state index in [0.29, 0.717) is 31.0 Å². The minimum absolute atomic E-state index is 0.00412. The fraction of sp³-hybridized carbons (Fsp3) is 0.450. The number of likely N-dealkylation sites (tertiary alicyclic amines) is 2. The second-order valence-electron chi connectivity index (χ2n) is 14.9. The molecular weight excluding hydrogens is 715 g/mol. The lowest BCUT2D eigenvalue weighted by molar-refractivity contribution is -0.144. The summed E-state index contributed by atoms with van der Waals surface area (Å²) in [6.45, 7) is 6.73. The Morgan fingerprint density at radius 1 is 0.964 bits per heavy atom.